The number of nitrogens with zero attached hydrogens (tertiary/aromatic N) is 2. The van der Waals surface area contributed by atoms with Crippen molar-refractivity contribution in [1.29, 1.82) is 0 Å². The van der Waals surface area contributed by atoms with Gasteiger partial charge in [-0.1, -0.05) is 11.6 Å². The van der Waals surface area contributed by atoms with E-state index in [0.29, 0.717) is 23.4 Å². The second-order valence-corrected chi connectivity index (χ2v) is 6.23. The van der Waals surface area contributed by atoms with Gasteiger partial charge in [-0.2, -0.15) is 5.10 Å². The first-order valence-corrected chi connectivity index (χ1v) is 7.66. The first kappa shape index (κ1) is 19.2. The lowest BCUT2D eigenvalue weighted by atomic mass is 10.2. The van der Waals surface area contributed by atoms with Gasteiger partial charge in [-0.25, -0.2) is 0 Å². The lowest BCUT2D eigenvalue weighted by Crippen LogP contribution is -2.38. The van der Waals surface area contributed by atoms with Crippen LogP contribution in [0.3, 0.4) is 0 Å². The number of nitrogens with one attached hydrogen (secondary N) is 3. The first-order chi connectivity index (χ1) is 10.1. The number of aliphatic hydroxyl groups is 1. The fourth-order valence-corrected chi connectivity index (χ4v) is 2.80. The molecule has 0 aromatic carbocycles. The van der Waals surface area contributed by atoms with Gasteiger partial charge in [0.1, 0.15) is 6.10 Å². The molecule has 22 heavy (non-hydrogen) atoms. The van der Waals surface area contributed by atoms with E-state index in [0.717, 1.165) is 16.1 Å². The summed E-state index contributed by atoms with van der Waals surface area (Å²) in [4.78, 5) is 4.95. The Kier molecular flexibility index (Phi) is 8.15. The lowest BCUT2D eigenvalue weighted by molar-refractivity contribution is 0.184. The Balaban J connectivity index is 0.00000242. The minimum absolute atomic E-state index is 0. The average molecular weight is 456 g/mol. The molecule has 4 N–H and O–H groups in total. The van der Waals surface area contributed by atoms with Crippen molar-refractivity contribution in [2.75, 3.05) is 13.6 Å². The molecular weight excluding hydrogens is 437 g/mol. The molecule has 0 spiro atoms. The number of thiophene rings is 1. The van der Waals surface area contributed by atoms with Crippen LogP contribution in [-0.4, -0.2) is 34.9 Å². The van der Waals surface area contributed by atoms with Crippen molar-refractivity contribution >= 4 is 52.9 Å². The fourth-order valence-electron chi connectivity index (χ4n) is 1.75. The lowest BCUT2D eigenvalue weighted by Gasteiger charge is -2.14. The smallest absolute Gasteiger partial charge is 0.191 e. The van der Waals surface area contributed by atoms with Crippen LogP contribution >= 0.6 is 46.9 Å². The van der Waals surface area contributed by atoms with E-state index in [4.69, 9.17) is 11.6 Å². The SMILES string of the molecule is CN=C(NCc1cn[nH]c1C)NCC(O)c1ccc(Cl)s1.I. The monoisotopic (exact) mass is 455 g/mol. The number of halogens is 2. The molecule has 2 aromatic rings. The summed E-state index contributed by atoms with van der Waals surface area (Å²) in [6, 6.07) is 3.60. The number of hydrogen-bond acceptors (Lipinski definition) is 4. The van der Waals surface area contributed by atoms with Gasteiger partial charge in [-0.05, 0) is 19.1 Å². The molecule has 9 heteroatoms. The molecule has 0 amide bonds. The van der Waals surface area contributed by atoms with E-state index in [2.05, 4.69) is 25.8 Å². The van der Waals surface area contributed by atoms with Gasteiger partial charge in [0.2, 0.25) is 0 Å². The van der Waals surface area contributed by atoms with Gasteiger partial charge in [0.05, 0.1) is 10.5 Å². The molecule has 1 atom stereocenters. The van der Waals surface area contributed by atoms with Crippen LogP contribution in [0.1, 0.15) is 22.2 Å². The van der Waals surface area contributed by atoms with Gasteiger partial charge < -0.3 is 15.7 Å². The predicted octanol–water partition coefficient (Wildman–Crippen LogP) is 2.45. The number of rotatable bonds is 5. The van der Waals surface area contributed by atoms with E-state index in [1.165, 1.54) is 11.3 Å². The van der Waals surface area contributed by atoms with Crippen molar-refractivity contribution in [2.24, 2.45) is 4.99 Å². The van der Waals surface area contributed by atoms with Crippen LogP contribution in [0.5, 0.6) is 0 Å². The number of aliphatic hydroxyl groups excluding tert-OH is 1. The zero-order valence-electron chi connectivity index (χ0n) is 12.3. The van der Waals surface area contributed by atoms with E-state index >= 15 is 0 Å². The van der Waals surface area contributed by atoms with Crippen LogP contribution < -0.4 is 10.6 Å². The number of guanidine groups is 1. The summed E-state index contributed by atoms with van der Waals surface area (Å²) in [5, 5.41) is 23.2. The Bertz CT molecular complexity index is 615. The van der Waals surface area contributed by atoms with Crippen molar-refractivity contribution in [3.63, 3.8) is 0 Å². The largest absolute Gasteiger partial charge is 0.386 e. The molecular formula is C13H19ClIN5OS. The van der Waals surface area contributed by atoms with Gasteiger partial charge in [0.15, 0.2) is 5.96 Å². The van der Waals surface area contributed by atoms with Crippen molar-refractivity contribution in [2.45, 2.75) is 19.6 Å². The molecule has 0 fully saturated rings. The number of aromatic amines is 1. The van der Waals surface area contributed by atoms with Gasteiger partial charge >= 0.3 is 0 Å². The van der Waals surface area contributed by atoms with Crippen molar-refractivity contribution < 1.29 is 5.11 Å². The zero-order valence-corrected chi connectivity index (χ0v) is 16.2. The third-order valence-electron chi connectivity index (χ3n) is 2.99. The van der Waals surface area contributed by atoms with Gasteiger partial charge in [0, 0.05) is 36.3 Å². The Hall–Kier alpha value is -0.840. The maximum absolute atomic E-state index is 10.1. The highest BCUT2D eigenvalue weighted by Gasteiger charge is 2.11. The van der Waals surface area contributed by atoms with Crippen LogP contribution in [0.25, 0.3) is 0 Å². The van der Waals surface area contributed by atoms with Gasteiger partial charge in [-0.3, -0.25) is 10.1 Å². The van der Waals surface area contributed by atoms with Crippen LogP contribution in [0.2, 0.25) is 4.34 Å². The van der Waals surface area contributed by atoms with Crippen molar-refractivity contribution in [1.82, 2.24) is 20.8 Å². The minimum atomic E-state index is -0.614. The summed E-state index contributed by atoms with van der Waals surface area (Å²) in [5.74, 6) is 0.623. The number of hydrogen-bond donors (Lipinski definition) is 4. The number of H-pyrrole nitrogens is 1. The molecule has 0 saturated carbocycles. The van der Waals surface area contributed by atoms with E-state index in [1.807, 2.05) is 13.0 Å². The Morgan fingerprint density at radius 3 is 2.82 bits per heavy atom. The summed E-state index contributed by atoms with van der Waals surface area (Å²) in [6.45, 7) is 2.94. The molecule has 0 bridgehead atoms. The maximum Gasteiger partial charge on any atom is 0.191 e. The highest BCUT2D eigenvalue weighted by molar-refractivity contribution is 14.0. The van der Waals surface area contributed by atoms with E-state index in [1.54, 1.807) is 19.3 Å². The van der Waals surface area contributed by atoms with Crippen molar-refractivity contribution in [3.05, 3.63) is 38.8 Å². The molecule has 2 heterocycles. The Morgan fingerprint density at radius 1 is 1.50 bits per heavy atom. The molecule has 0 radical (unpaired) electrons. The van der Waals surface area contributed by atoms with E-state index in [-0.39, 0.29) is 24.0 Å². The number of aromatic nitrogens is 2. The molecule has 2 aromatic heterocycles. The number of aryl methyl sites for hydroxylation is 1. The fraction of sp³-hybridized carbons (Fsp3) is 0.385. The average Bonchev–Trinajstić information content (AvgIpc) is 3.08. The third kappa shape index (κ3) is 5.41. The molecule has 0 aliphatic rings. The minimum Gasteiger partial charge on any atom is -0.386 e. The number of aliphatic imine (C=N–C) groups is 1. The topological polar surface area (TPSA) is 85.3 Å². The summed E-state index contributed by atoms with van der Waals surface area (Å²) >= 11 is 7.23. The van der Waals surface area contributed by atoms with Crippen molar-refractivity contribution in [3.8, 4) is 0 Å². The molecule has 1 unspecified atom stereocenters. The standard InChI is InChI=1S/C13H18ClN5OS.HI/c1-8-9(6-18-19-8)5-16-13(15-2)17-7-10(20)11-3-4-12(14)21-11;/h3-4,6,10,20H,5,7H2,1-2H3,(H,18,19)(H2,15,16,17);1H. The third-order valence-corrected chi connectivity index (χ3v) is 4.32. The molecule has 2 rings (SSSR count). The molecule has 0 aliphatic carbocycles. The quantitative estimate of drug-likeness (QED) is 0.317. The van der Waals surface area contributed by atoms with Crippen LogP contribution in [0, 0.1) is 6.92 Å². The summed E-state index contributed by atoms with van der Waals surface area (Å²) in [6.07, 6.45) is 1.16. The normalized spacial score (nSPS) is 12.6. The van der Waals surface area contributed by atoms with Gasteiger partial charge in [0.25, 0.3) is 0 Å². The highest BCUT2D eigenvalue weighted by Crippen LogP contribution is 2.26. The molecule has 0 saturated heterocycles. The summed E-state index contributed by atoms with van der Waals surface area (Å²) in [5.41, 5.74) is 2.09. The van der Waals surface area contributed by atoms with E-state index < -0.39 is 6.10 Å². The van der Waals surface area contributed by atoms with Crippen LogP contribution in [0.4, 0.5) is 0 Å². The predicted molar refractivity (Wildman–Crippen MR) is 101 cm³/mol. The van der Waals surface area contributed by atoms with Crippen LogP contribution in [-0.2, 0) is 6.54 Å². The Morgan fingerprint density at radius 2 is 2.27 bits per heavy atom. The van der Waals surface area contributed by atoms with Gasteiger partial charge in [-0.15, -0.1) is 35.3 Å². The second kappa shape index (κ2) is 9.33. The van der Waals surface area contributed by atoms with E-state index in [9.17, 15) is 5.11 Å². The zero-order chi connectivity index (χ0) is 15.2. The Labute approximate surface area is 155 Å². The molecule has 122 valence electrons. The van der Waals surface area contributed by atoms with Crippen LogP contribution in [0.15, 0.2) is 23.3 Å². The molecule has 6 nitrogen and oxygen atoms in total. The summed E-state index contributed by atoms with van der Waals surface area (Å²) in [7, 11) is 1.69. The molecule has 0 aliphatic heterocycles. The first-order valence-electron chi connectivity index (χ1n) is 6.46. The highest BCUT2D eigenvalue weighted by atomic mass is 127. The maximum atomic E-state index is 10.1. The summed E-state index contributed by atoms with van der Waals surface area (Å²) < 4.78 is 0.669. The second-order valence-electron chi connectivity index (χ2n) is 4.48.